The molecule has 0 heterocycles. The second-order valence-corrected chi connectivity index (χ2v) is 2.82. The molecule has 0 aromatic rings. The third kappa shape index (κ3) is 6.64. The molecule has 0 aromatic carbocycles. The van der Waals surface area contributed by atoms with Crippen LogP contribution in [0.5, 0.6) is 0 Å². The van der Waals surface area contributed by atoms with Crippen LogP contribution in [0.1, 0.15) is 0 Å². The van der Waals surface area contributed by atoms with Gasteiger partial charge in [0.2, 0.25) is 0 Å². The van der Waals surface area contributed by atoms with Gasteiger partial charge in [-0.05, 0) is 14.1 Å². The van der Waals surface area contributed by atoms with Crippen molar-refractivity contribution in [3.8, 4) is 0 Å². The number of alkyl halides is 1. The SMILES string of the molecule is CN(C)POCCl. The summed E-state index contributed by atoms with van der Waals surface area (Å²) in [7, 11) is 4.26. The lowest BCUT2D eigenvalue weighted by molar-refractivity contribution is 0.412. The summed E-state index contributed by atoms with van der Waals surface area (Å²) in [6.45, 7) is 0. The highest BCUT2D eigenvalue weighted by Crippen LogP contribution is 2.13. The van der Waals surface area contributed by atoms with Crippen LogP contribution in [-0.4, -0.2) is 24.8 Å². The van der Waals surface area contributed by atoms with E-state index in [1.54, 1.807) is 0 Å². The Balaban J connectivity index is 2.68. The zero-order chi connectivity index (χ0) is 5.70. The Bertz CT molecular complexity index is 43.9. The summed E-state index contributed by atoms with van der Waals surface area (Å²) < 4.78 is 6.75. The molecule has 44 valence electrons. The molecule has 0 N–H and O–H groups in total. The molecule has 0 aliphatic carbocycles. The van der Waals surface area contributed by atoms with Gasteiger partial charge in [-0.3, -0.25) is 4.67 Å². The van der Waals surface area contributed by atoms with Crippen molar-refractivity contribution in [3.05, 3.63) is 0 Å². The van der Waals surface area contributed by atoms with Crippen LogP contribution in [-0.2, 0) is 4.52 Å². The Morgan fingerprint density at radius 3 is 2.43 bits per heavy atom. The van der Waals surface area contributed by atoms with Gasteiger partial charge in [0.05, 0.1) is 8.96 Å². The molecule has 0 aliphatic heterocycles. The van der Waals surface area contributed by atoms with E-state index in [9.17, 15) is 0 Å². The summed E-state index contributed by atoms with van der Waals surface area (Å²) in [5, 5.41) is 0. The minimum absolute atomic E-state index is 0.288. The highest BCUT2D eigenvalue weighted by molar-refractivity contribution is 7.29. The van der Waals surface area contributed by atoms with E-state index in [0.29, 0.717) is 8.96 Å². The molecule has 0 amide bonds. The second-order valence-electron chi connectivity index (χ2n) is 1.24. The molecule has 7 heavy (non-hydrogen) atoms. The first-order valence-corrected chi connectivity index (χ1v) is 3.27. The van der Waals surface area contributed by atoms with Crippen LogP contribution in [0.25, 0.3) is 0 Å². The van der Waals surface area contributed by atoms with Crippen molar-refractivity contribution in [2.45, 2.75) is 0 Å². The number of rotatable bonds is 3. The Kier molecular flexibility index (Phi) is 5.23. The fourth-order valence-electron chi connectivity index (χ4n) is 0.153. The molecule has 0 saturated heterocycles. The van der Waals surface area contributed by atoms with E-state index in [0.717, 1.165) is 0 Å². The van der Waals surface area contributed by atoms with Crippen LogP contribution in [0.2, 0.25) is 0 Å². The van der Waals surface area contributed by atoms with E-state index >= 15 is 0 Å². The van der Waals surface area contributed by atoms with Crippen molar-refractivity contribution in [1.82, 2.24) is 4.67 Å². The van der Waals surface area contributed by atoms with Gasteiger partial charge < -0.3 is 4.52 Å². The molecule has 0 spiro atoms. The molecule has 0 aliphatic rings. The monoisotopic (exact) mass is 141 g/mol. The summed E-state index contributed by atoms with van der Waals surface area (Å²) >= 11 is 5.20. The molecule has 0 bridgehead atoms. The lowest BCUT2D eigenvalue weighted by Crippen LogP contribution is -1.96. The van der Waals surface area contributed by atoms with Crippen LogP contribution in [0.3, 0.4) is 0 Å². The first kappa shape index (κ1) is 7.64. The fraction of sp³-hybridized carbons (Fsp3) is 1.00. The van der Waals surface area contributed by atoms with Gasteiger partial charge in [-0.1, -0.05) is 11.6 Å². The maximum Gasteiger partial charge on any atom is 0.126 e. The van der Waals surface area contributed by atoms with Crippen molar-refractivity contribution in [3.63, 3.8) is 0 Å². The van der Waals surface area contributed by atoms with Gasteiger partial charge in [0.1, 0.15) is 6.07 Å². The molecule has 0 saturated carbocycles. The Morgan fingerprint density at radius 2 is 2.29 bits per heavy atom. The number of nitrogens with zero attached hydrogens (tertiary/aromatic N) is 1. The van der Waals surface area contributed by atoms with E-state index < -0.39 is 0 Å². The van der Waals surface area contributed by atoms with E-state index in [-0.39, 0.29) is 6.07 Å². The minimum atomic E-state index is 0.288. The first-order chi connectivity index (χ1) is 3.27. The van der Waals surface area contributed by atoms with Crippen LogP contribution in [0.15, 0.2) is 0 Å². The molecule has 1 unspecified atom stereocenters. The topological polar surface area (TPSA) is 12.5 Å². The third-order valence-corrected chi connectivity index (χ3v) is 1.23. The number of hydrogen-bond donors (Lipinski definition) is 0. The fourth-order valence-corrected chi connectivity index (χ4v) is 0.607. The van der Waals surface area contributed by atoms with Gasteiger partial charge in [-0.15, -0.1) is 0 Å². The van der Waals surface area contributed by atoms with E-state index in [2.05, 4.69) is 0 Å². The smallest absolute Gasteiger partial charge is 0.126 e. The zero-order valence-corrected chi connectivity index (χ0v) is 6.20. The highest BCUT2D eigenvalue weighted by Gasteiger charge is 1.84. The molecule has 0 radical (unpaired) electrons. The van der Waals surface area contributed by atoms with Crippen LogP contribution >= 0.6 is 20.6 Å². The van der Waals surface area contributed by atoms with Gasteiger partial charge in [0, 0.05) is 0 Å². The van der Waals surface area contributed by atoms with Crippen molar-refractivity contribution in [2.75, 3.05) is 20.2 Å². The molecule has 2 nitrogen and oxygen atoms in total. The molecular formula is C3H9ClNOP. The maximum atomic E-state index is 5.20. The number of hydrogen-bond acceptors (Lipinski definition) is 2. The molecular weight excluding hydrogens is 132 g/mol. The van der Waals surface area contributed by atoms with Crippen LogP contribution in [0, 0.1) is 0 Å². The minimum Gasteiger partial charge on any atom is -0.331 e. The molecule has 4 heteroatoms. The standard InChI is InChI=1S/C3H9ClNOP/c1-5(2)7-6-3-4/h7H,3H2,1-2H3. The second kappa shape index (κ2) is 4.79. The van der Waals surface area contributed by atoms with Gasteiger partial charge >= 0.3 is 0 Å². The Labute approximate surface area is 50.7 Å². The molecule has 0 aromatic heterocycles. The Hall–Kier alpha value is 0.640. The quantitative estimate of drug-likeness (QED) is 0.434. The summed E-state index contributed by atoms with van der Waals surface area (Å²) in [6.07, 6.45) is 0. The highest BCUT2D eigenvalue weighted by atomic mass is 35.5. The third-order valence-electron chi connectivity index (χ3n) is 0.302. The van der Waals surface area contributed by atoms with E-state index in [1.165, 1.54) is 0 Å². The molecule has 0 rings (SSSR count). The predicted molar refractivity (Wildman–Crippen MR) is 33.8 cm³/mol. The lowest BCUT2D eigenvalue weighted by Gasteiger charge is -2.05. The van der Waals surface area contributed by atoms with Gasteiger partial charge in [-0.2, -0.15) is 0 Å². The van der Waals surface area contributed by atoms with Crippen LogP contribution in [0.4, 0.5) is 0 Å². The summed E-state index contributed by atoms with van der Waals surface area (Å²) in [4.78, 5) is 0. The van der Waals surface area contributed by atoms with Crippen molar-refractivity contribution >= 4 is 20.6 Å². The maximum absolute atomic E-state index is 5.20. The van der Waals surface area contributed by atoms with Gasteiger partial charge in [0.25, 0.3) is 0 Å². The van der Waals surface area contributed by atoms with Crippen LogP contribution < -0.4 is 0 Å². The van der Waals surface area contributed by atoms with Gasteiger partial charge in [0.15, 0.2) is 0 Å². The van der Waals surface area contributed by atoms with Gasteiger partial charge in [-0.25, -0.2) is 0 Å². The zero-order valence-electron chi connectivity index (χ0n) is 4.44. The van der Waals surface area contributed by atoms with Crippen molar-refractivity contribution < 1.29 is 4.52 Å². The summed E-state index contributed by atoms with van der Waals surface area (Å²) in [5.41, 5.74) is 0. The molecule has 1 atom stereocenters. The summed E-state index contributed by atoms with van der Waals surface area (Å²) in [6, 6.07) is 0.288. The normalized spacial score (nSPS) is 12.0. The predicted octanol–water partition coefficient (Wildman–Crippen LogP) is 1.27. The van der Waals surface area contributed by atoms with Crippen molar-refractivity contribution in [1.29, 1.82) is 0 Å². The van der Waals surface area contributed by atoms with E-state index in [1.807, 2.05) is 18.8 Å². The number of halogens is 1. The van der Waals surface area contributed by atoms with Crippen molar-refractivity contribution in [2.24, 2.45) is 0 Å². The summed E-state index contributed by atoms with van der Waals surface area (Å²) in [5.74, 6) is 0. The van der Waals surface area contributed by atoms with E-state index in [4.69, 9.17) is 16.1 Å². The average molecular weight is 142 g/mol. The first-order valence-electron chi connectivity index (χ1n) is 1.88. The Morgan fingerprint density at radius 1 is 1.71 bits per heavy atom. The molecule has 0 fully saturated rings. The largest absolute Gasteiger partial charge is 0.331 e. The lowest BCUT2D eigenvalue weighted by atomic mass is 11.3. The average Bonchev–Trinajstić information content (AvgIpc) is 1.61.